The third-order valence-corrected chi connectivity index (χ3v) is 2.95. The summed E-state index contributed by atoms with van der Waals surface area (Å²) in [5, 5.41) is 9.11. The Morgan fingerprint density at radius 3 is 2.95 bits per heavy atom. The molecule has 0 saturated carbocycles. The Labute approximate surface area is 116 Å². The Bertz CT molecular complexity index is 488. The van der Waals surface area contributed by atoms with E-state index in [1.807, 2.05) is 6.92 Å². The van der Waals surface area contributed by atoms with Gasteiger partial charge in [-0.2, -0.15) is 0 Å². The Balaban J connectivity index is 2.14. The minimum Gasteiger partial charge on any atom is -0.480 e. The fraction of sp³-hybridized carbons (Fsp3) is 0.462. The number of ether oxygens (including phenoxy) is 2. The zero-order valence-electron chi connectivity index (χ0n) is 11.1. The predicted octanol–water partition coefficient (Wildman–Crippen LogP) is 0.406. The monoisotopic (exact) mass is 280 g/mol. The maximum absolute atomic E-state index is 12.3. The van der Waals surface area contributed by atoms with Gasteiger partial charge < -0.3 is 19.5 Å². The molecule has 7 heteroatoms. The van der Waals surface area contributed by atoms with E-state index in [4.69, 9.17) is 14.6 Å². The zero-order valence-corrected chi connectivity index (χ0v) is 11.1. The van der Waals surface area contributed by atoms with Crippen LogP contribution in [0.3, 0.4) is 0 Å². The highest BCUT2D eigenvalue weighted by Gasteiger charge is 2.33. The van der Waals surface area contributed by atoms with Gasteiger partial charge in [0.2, 0.25) is 5.88 Å². The SMILES string of the molecule is CCOc1ccc(C(=O)N2CCOCC2C(=O)O)cn1. The van der Waals surface area contributed by atoms with Gasteiger partial charge in [0.15, 0.2) is 6.04 Å². The zero-order chi connectivity index (χ0) is 14.5. The van der Waals surface area contributed by atoms with Gasteiger partial charge in [-0.25, -0.2) is 9.78 Å². The highest BCUT2D eigenvalue weighted by molar-refractivity contribution is 5.96. The number of hydrogen-bond acceptors (Lipinski definition) is 5. The number of carbonyl (C=O) groups excluding carboxylic acids is 1. The number of pyridine rings is 1. The largest absolute Gasteiger partial charge is 0.480 e. The van der Waals surface area contributed by atoms with E-state index in [9.17, 15) is 9.59 Å². The average molecular weight is 280 g/mol. The minimum absolute atomic E-state index is 0.00549. The fourth-order valence-corrected chi connectivity index (χ4v) is 1.96. The lowest BCUT2D eigenvalue weighted by Crippen LogP contribution is -2.52. The van der Waals surface area contributed by atoms with Gasteiger partial charge in [-0.05, 0) is 13.0 Å². The van der Waals surface area contributed by atoms with Gasteiger partial charge in [-0.15, -0.1) is 0 Å². The van der Waals surface area contributed by atoms with Crippen LogP contribution in [0, 0.1) is 0 Å². The quantitative estimate of drug-likeness (QED) is 0.859. The minimum atomic E-state index is -1.07. The lowest BCUT2D eigenvalue weighted by Gasteiger charge is -2.32. The molecule has 1 aliphatic heterocycles. The van der Waals surface area contributed by atoms with Gasteiger partial charge in [-0.1, -0.05) is 0 Å². The molecular weight excluding hydrogens is 264 g/mol. The van der Waals surface area contributed by atoms with Gasteiger partial charge in [0, 0.05) is 18.8 Å². The molecule has 1 aliphatic rings. The maximum Gasteiger partial charge on any atom is 0.328 e. The van der Waals surface area contributed by atoms with Crippen LogP contribution in [0.4, 0.5) is 0 Å². The van der Waals surface area contributed by atoms with Crippen molar-refractivity contribution < 1.29 is 24.2 Å². The number of aromatic nitrogens is 1. The number of amides is 1. The van der Waals surface area contributed by atoms with E-state index >= 15 is 0 Å². The molecule has 1 fully saturated rings. The molecule has 1 aromatic heterocycles. The van der Waals surface area contributed by atoms with Crippen molar-refractivity contribution in [3.8, 4) is 5.88 Å². The van der Waals surface area contributed by atoms with Crippen LogP contribution in [-0.2, 0) is 9.53 Å². The summed E-state index contributed by atoms with van der Waals surface area (Å²) in [5.74, 6) is -1.01. The van der Waals surface area contributed by atoms with Crippen LogP contribution in [0.5, 0.6) is 5.88 Å². The summed E-state index contributed by atoms with van der Waals surface area (Å²) in [6, 6.07) is 2.21. The van der Waals surface area contributed by atoms with Gasteiger partial charge in [0.25, 0.3) is 5.91 Å². The van der Waals surface area contributed by atoms with Crippen molar-refractivity contribution in [2.75, 3.05) is 26.4 Å². The van der Waals surface area contributed by atoms with E-state index in [1.165, 1.54) is 11.1 Å². The second kappa shape index (κ2) is 6.33. The topological polar surface area (TPSA) is 89.0 Å². The predicted molar refractivity (Wildman–Crippen MR) is 68.7 cm³/mol. The number of nitrogens with zero attached hydrogens (tertiary/aromatic N) is 2. The van der Waals surface area contributed by atoms with Gasteiger partial charge in [0.05, 0.1) is 25.4 Å². The molecule has 0 spiro atoms. The van der Waals surface area contributed by atoms with Crippen molar-refractivity contribution in [3.05, 3.63) is 23.9 Å². The van der Waals surface area contributed by atoms with Crippen LogP contribution in [0.15, 0.2) is 18.3 Å². The summed E-state index contributed by atoms with van der Waals surface area (Å²) >= 11 is 0. The summed E-state index contributed by atoms with van der Waals surface area (Å²) in [5.41, 5.74) is 0.335. The van der Waals surface area contributed by atoms with Crippen molar-refractivity contribution in [2.24, 2.45) is 0 Å². The van der Waals surface area contributed by atoms with E-state index in [1.54, 1.807) is 12.1 Å². The van der Waals surface area contributed by atoms with Crippen LogP contribution < -0.4 is 4.74 Å². The molecular formula is C13H16N2O5. The van der Waals surface area contributed by atoms with E-state index in [0.29, 0.717) is 24.7 Å². The van der Waals surface area contributed by atoms with Crippen molar-refractivity contribution >= 4 is 11.9 Å². The number of carbonyl (C=O) groups is 2. The molecule has 1 unspecified atom stereocenters. The lowest BCUT2D eigenvalue weighted by atomic mass is 10.1. The van der Waals surface area contributed by atoms with Gasteiger partial charge in [-0.3, -0.25) is 4.79 Å². The highest BCUT2D eigenvalue weighted by Crippen LogP contribution is 2.14. The molecule has 20 heavy (non-hydrogen) atoms. The standard InChI is InChI=1S/C13H16N2O5/c1-2-20-11-4-3-9(7-14-11)12(16)15-5-6-19-8-10(15)13(17)18/h3-4,7,10H,2,5-6,8H2,1H3,(H,17,18). The molecule has 0 aliphatic carbocycles. The molecule has 0 bridgehead atoms. The number of rotatable bonds is 4. The summed E-state index contributed by atoms with van der Waals surface area (Å²) in [4.78, 5) is 28.7. The van der Waals surface area contributed by atoms with Crippen LogP contribution >= 0.6 is 0 Å². The smallest absolute Gasteiger partial charge is 0.328 e. The summed E-state index contributed by atoms with van der Waals surface area (Å²) in [6.45, 7) is 2.92. The van der Waals surface area contributed by atoms with Crippen molar-refractivity contribution in [2.45, 2.75) is 13.0 Å². The molecule has 0 aromatic carbocycles. The number of hydrogen-bond donors (Lipinski definition) is 1. The van der Waals surface area contributed by atoms with Gasteiger partial charge in [0.1, 0.15) is 0 Å². The van der Waals surface area contributed by atoms with Crippen LogP contribution in [-0.4, -0.2) is 59.3 Å². The lowest BCUT2D eigenvalue weighted by molar-refractivity contribution is -0.147. The third-order valence-electron chi connectivity index (χ3n) is 2.95. The van der Waals surface area contributed by atoms with Crippen LogP contribution in [0.2, 0.25) is 0 Å². The normalized spacial score (nSPS) is 18.6. The Kier molecular flexibility index (Phi) is 4.52. The molecule has 1 amide bonds. The second-order valence-corrected chi connectivity index (χ2v) is 4.25. The maximum atomic E-state index is 12.3. The van der Waals surface area contributed by atoms with Crippen LogP contribution in [0.1, 0.15) is 17.3 Å². The first-order valence-electron chi connectivity index (χ1n) is 6.34. The van der Waals surface area contributed by atoms with Crippen molar-refractivity contribution in [1.29, 1.82) is 0 Å². The van der Waals surface area contributed by atoms with E-state index in [0.717, 1.165) is 0 Å². The first-order valence-corrected chi connectivity index (χ1v) is 6.34. The molecule has 1 aromatic rings. The van der Waals surface area contributed by atoms with E-state index < -0.39 is 12.0 Å². The van der Waals surface area contributed by atoms with Gasteiger partial charge >= 0.3 is 5.97 Å². The first kappa shape index (κ1) is 14.3. The molecule has 7 nitrogen and oxygen atoms in total. The average Bonchev–Trinajstić information content (AvgIpc) is 2.47. The summed E-state index contributed by atoms with van der Waals surface area (Å²) in [6.07, 6.45) is 1.39. The Morgan fingerprint density at radius 1 is 1.55 bits per heavy atom. The van der Waals surface area contributed by atoms with E-state index in [2.05, 4.69) is 4.98 Å². The summed E-state index contributed by atoms with van der Waals surface area (Å²) < 4.78 is 10.3. The molecule has 2 rings (SSSR count). The van der Waals surface area contributed by atoms with E-state index in [-0.39, 0.29) is 19.1 Å². The molecule has 108 valence electrons. The number of aliphatic carboxylic acids is 1. The molecule has 1 N–H and O–H groups in total. The van der Waals surface area contributed by atoms with Crippen molar-refractivity contribution in [3.63, 3.8) is 0 Å². The molecule has 1 saturated heterocycles. The molecule has 2 heterocycles. The molecule has 1 atom stereocenters. The third kappa shape index (κ3) is 3.05. The Morgan fingerprint density at radius 2 is 2.35 bits per heavy atom. The Hall–Kier alpha value is -2.15. The molecule has 0 radical (unpaired) electrons. The fourth-order valence-electron chi connectivity index (χ4n) is 1.96. The summed E-state index contributed by atoms with van der Waals surface area (Å²) in [7, 11) is 0. The van der Waals surface area contributed by atoms with Crippen molar-refractivity contribution in [1.82, 2.24) is 9.88 Å². The second-order valence-electron chi connectivity index (χ2n) is 4.25. The number of carboxylic acid groups (broad SMARTS) is 1. The first-order chi connectivity index (χ1) is 9.63. The number of carboxylic acids is 1. The number of morpholine rings is 1. The van der Waals surface area contributed by atoms with Crippen LogP contribution in [0.25, 0.3) is 0 Å². The highest BCUT2D eigenvalue weighted by atomic mass is 16.5.